The van der Waals surface area contributed by atoms with E-state index in [4.69, 9.17) is 0 Å². The summed E-state index contributed by atoms with van der Waals surface area (Å²) in [4.78, 5) is 12.0. The van der Waals surface area contributed by atoms with Crippen molar-refractivity contribution in [2.24, 2.45) is 5.92 Å². The molecule has 1 atom stereocenters. The van der Waals surface area contributed by atoms with Crippen molar-refractivity contribution in [1.82, 2.24) is 10.4 Å². The number of hydroxylamine groups is 2. The summed E-state index contributed by atoms with van der Waals surface area (Å²) in [7, 11) is 0. The standard InChI is InChI=1S/C15H20N2O2/c1-10(2)9-13-15(18)17(19)11(3)14(16-13)12-7-5-4-6-8-12/h4-8,10,13,16,19H,9H2,1-3H3. The Morgan fingerprint density at radius 1 is 1.32 bits per heavy atom. The van der Waals surface area contributed by atoms with Gasteiger partial charge in [-0.25, -0.2) is 0 Å². The van der Waals surface area contributed by atoms with Crippen molar-refractivity contribution in [3.05, 3.63) is 41.6 Å². The topological polar surface area (TPSA) is 52.6 Å². The summed E-state index contributed by atoms with van der Waals surface area (Å²) in [6, 6.07) is 9.36. The molecular weight excluding hydrogens is 240 g/mol. The van der Waals surface area contributed by atoms with Gasteiger partial charge in [0.15, 0.2) is 0 Å². The van der Waals surface area contributed by atoms with Crippen LogP contribution in [-0.2, 0) is 4.79 Å². The molecule has 1 aromatic rings. The largest absolute Gasteiger partial charge is 0.372 e. The molecule has 0 spiro atoms. The van der Waals surface area contributed by atoms with Gasteiger partial charge in [0.2, 0.25) is 0 Å². The summed E-state index contributed by atoms with van der Waals surface area (Å²) >= 11 is 0. The predicted molar refractivity (Wildman–Crippen MR) is 74.0 cm³/mol. The first-order valence-electron chi connectivity index (χ1n) is 6.56. The number of carbonyl (C=O) groups excluding carboxylic acids is 1. The number of hydrogen-bond acceptors (Lipinski definition) is 3. The molecule has 1 aliphatic rings. The molecule has 1 aliphatic heterocycles. The molecule has 0 aliphatic carbocycles. The van der Waals surface area contributed by atoms with E-state index in [-0.39, 0.29) is 11.9 Å². The average molecular weight is 260 g/mol. The molecule has 0 aromatic heterocycles. The van der Waals surface area contributed by atoms with Crippen LogP contribution in [0, 0.1) is 5.92 Å². The molecule has 0 saturated heterocycles. The molecule has 0 radical (unpaired) electrons. The lowest BCUT2D eigenvalue weighted by atomic mass is 9.99. The average Bonchev–Trinajstić information content (AvgIpc) is 2.40. The van der Waals surface area contributed by atoms with Crippen LogP contribution in [0.3, 0.4) is 0 Å². The maximum atomic E-state index is 12.0. The van der Waals surface area contributed by atoms with Crippen LogP contribution in [0.15, 0.2) is 36.0 Å². The van der Waals surface area contributed by atoms with Crippen LogP contribution >= 0.6 is 0 Å². The lowest BCUT2D eigenvalue weighted by Gasteiger charge is -2.33. The van der Waals surface area contributed by atoms with Crippen molar-refractivity contribution in [3.8, 4) is 0 Å². The van der Waals surface area contributed by atoms with Crippen LogP contribution in [0.25, 0.3) is 5.70 Å². The van der Waals surface area contributed by atoms with E-state index >= 15 is 0 Å². The van der Waals surface area contributed by atoms with Crippen LogP contribution in [-0.4, -0.2) is 22.2 Å². The third kappa shape index (κ3) is 2.79. The zero-order valence-corrected chi connectivity index (χ0v) is 11.6. The van der Waals surface area contributed by atoms with E-state index < -0.39 is 0 Å². The summed E-state index contributed by atoms with van der Waals surface area (Å²) < 4.78 is 0. The summed E-state index contributed by atoms with van der Waals surface area (Å²) in [5.74, 6) is 0.0937. The van der Waals surface area contributed by atoms with E-state index in [1.807, 2.05) is 30.3 Å². The molecule has 2 rings (SSSR count). The molecule has 1 amide bonds. The van der Waals surface area contributed by atoms with Gasteiger partial charge >= 0.3 is 0 Å². The second-order valence-electron chi connectivity index (χ2n) is 5.30. The lowest BCUT2D eigenvalue weighted by molar-refractivity contribution is -0.160. The van der Waals surface area contributed by atoms with Crippen molar-refractivity contribution in [2.75, 3.05) is 0 Å². The van der Waals surface area contributed by atoms with E-state index in [2.05, 4.69) is 19.2 Å². The Kier molecular flexibility index (Phi) is 3.90. The maximum absolute atomic E-state index is 12.0. The fourth-order valence-corrected chi connectivity index (χ4v) is 2.29. The minimum atomic E-state index is -0.371. The molecule has 0 fully saturated rings. The zero-order chi connectivity index (χ0) is 14.0. The van der Waals surface area contributed by atoms with Crippen molar-refractivity contribution >= 4 is 11.6 Å². The molecule has 2 N–H and O–H groups in total. The minimum Gasteiger partial charge on any atom is -0.372 e. The quantitative estimate of drug-likeness (QED) is 0.821. The normalized spacial score (nSPS) is 19.9. The smallest absolute Gasteiger partial charge is 0.272 e. The fourth-order valence-electron chi connectivity index (χ4n) is 2.29. The summed E-state index contributed by atoms with van der Waals surface area (Å²) in [6.07, 6.45) is 0.694. The van der Waals surface area contributed by atoms with E-state index in [9.17, 15) is 10.0 Å². The fraction of sp³-hybridized carbons (Fsp3) is 0.400. The van der Waals surface area contributed by atoms with E-state index in [1.165, 1.54) is 0 Å². The Bertz CT molecular complexity index is 494. The second-order valence-corrected chi connectivity index (χ2v) is 5.30. The summed E-state index contributed by atoms with van der Waals surface area (Å²) in [5.41, 5.74) is 2.32. The van der Waals surface area contributed by atoms with Gasteiger partial charge in [-0.1, -0.05) is 44.2 Å². The Labute approximate surface area is 113 Å². The van der Waals surface area contributed by atoms with Crippen molar-refractivity contribution in [2.45, 2.75) is 33.2 Å². The molecule has 4 heteroatoms. The van der Waals surface area contributed by atoms with Gasteiger partial charge in [-0.05, 0) is 24.8 Å². The Morgan fingerprint density at radius 2 is 1.95 bits per heavy atom. The Balaban J connectivity index is 2.34. The van der Waals surface area contributed by atoms with E-state index in [0.29, 0.717) is 18.0 Å². The number of nitrogens with one attached hydrogen (secondary N) is 1. The van der Waals surface area contributed by atoms with Gasteiger partial charge in [0.1, 0.15) is 6.04 Å². The van der Waals surface area contributed by atoms with Gasteiger partial charge in [0, 0.05) is 0 Å². The van der Waals surface area contributed by atoms with E-state index in [1.54, 1.807) is 6.92 Å². The number of carbonyl (C=O) groups is 1. The number of benzene rings is 1. The van der Waals surface area contributed by atoms with Crippen molar-refractivity contribution < 1.29 is 10.0 Å². The first kappa shape index (κ1) is 13.6. The first-order valence-corrected chi connectivity index (χ1v) is 6.56. The van der Waals surface area contributed by atoms with Crippen LogP contribution < -0.4 is 5.32 Å². The predicted octanol–water partition coefficient (Wildman–Crippen LogP) is 2.61. The molecule has 19 heavy (non-hydrogen) atoms. The van der Waals surface area contributed by atoms with E-state index in [0.717, 1.165) is 16.3 Å². The molecule has 4 nitrogen and oxygen atoms in total. The van der Waals surface area contributed by atoms with Crippen molar-refractivity contribution in [3.63, 3.8) is 0 Å². The molecule has 1 heterocycles. The first-order chi connectivity index (χ1) is 9.00. The van der Waals surface area contributed by atoms with Crippen molar-refractivity contribution in [1.29, 1.82) is 0 Å². The van der Waals surface area contributed by atoms with Gasteiger partial charge in [0.05, 0.1) is 11.4 Å². The highest BCUT2D eigenvalue weighted by atomic mass is 16.5. The van der Waals surface area contributed by atoms with Crippen LogP contribution in [0.1, 0.15) is 32.8 Å². The van der Waals surface area contributed by atoms with Gasteiger partial charge < -0.3 is 5.32 Å². The molecular formula is C15H20N2O2. The number of hydrogen-bond donors (Lipinski definition) is 2. The molecule has 1 unspecified atom stereocenters. The Morgan fingerprint density at radius 3 is 2.53 bits per heavy atom. The summed E-state index contributed by atoms with van der Waals surface area (Å²) in [6.45, 7) is 5.85. The number of rotatable bonds is 3. The highest BCUT2D eigenvalue weighted by molar-refractivity contribution is 5.89. The highest BCUT2D eigenvalue weighted by Crippen LogP contribution is 2.25. The zero-order valence-electron chi connectivity index (χ0n) is 11.6. The third-order valence-corrected chi connectivity index (χ3v) is 3.27. The molecule has 102 valence electrons. The van der Waals surface area contributed by atoms with Crippen LogP contribution in [0.2, 0.25) is 0 Å². The van der Waals surface area contributed by atoms with Crippen LogP contribution in [0.5, 0.6) is 0 Å². The van der Waals surface area contributed by atoms with Gasteiger partial charge in [0.25, 0.3) is 5.91 Å². The van der Waals surface area contributed by atoms with Gasteiger partial charge in [-0.15, -0.1) is 0 Å². The number of nitrogens with zero attached hydrogens (tertiary/aromatic N) is 1. The van der Waals surface area contributed by atoms with Gasteiger partial charge in [-0.2, -0.15) is 5.06 Å². The molecule has 1 aromatic carbocycles. The lowest BCUT2D eigenvalue weighted by Crippen LogP contribution is -2.49. The van der Waals surface area contributed by atoms with Crippen LogP contribution in [0.4, 0.5) is 0 Å². The minimum absolute atomic E-state index is 0.286. The molecule has 0 saturated carbocycles. The Hall–Kier alpha value is -1.81. The highest BCUT2D eigenvalue weighted by Gasteiger charge is 2.32. The summed E-state index contributed by atoms with van der Waals surface area (Å²) in [5, 5.41) is 14.0. The number of allylic oxidation sites excluding steroid dienone is 1. The monoisotopic (exact) mass is 260 g/mol. The van der Waals surface area contributed by atoms with Gasteiger partial charge in [-0.3, -0.25) is 10.0 Å². The maximum Gasteiger partial charge on any atom is 0.272 e. The SMILES string of the molecule is CC1=C(c2ccccc2)NC(CC(C)C)C(=O)N1O. The molecule has 0 bridgehead atoms. The number of amides is 1. The second kappa shape index (κ2) is 5.45. The third-order valence-electron chi connectivity index (χ3n) is 3.27.